The molecule has 0 radical (unpaired) electrons. The molecule has 2 unspecified atom stereocenters. The molecule has 0 bridgehead atoms. The van der Waals surface area contributed by atoms with Crippen molar-refractivity contribution in [3.05, 3.63) is 98.8 Å². The lowest BCUT2D eigenvalue weighted by Gasteiger charge is -2.45. The van der Waals surface area contributed by atoms with Crippen LogP contribution in [0.25, 0.3) is 22.3 Å². The van der Waals surface area contributed by atoms with Gasteiger partial charge in [0.25, 0.3) is 11.5 Å². The maximum atomic E-state index is 13.5. The van der Waals surface area contributed by atoms with E-state index >= 15 is 0 Å². The van der Waals surface area contributed by atoms with E-state index in [4.69, 9.17) is 39.8 Å². The fourth-order valence-electron chi connectivity index (χ4n) is 3.77. The van der Waals surface area contributed by atoms with Crippen molar-refractivity contribution in [1.82, 2.24) is 9.66 Å². The molecule has 1 saturated heterocycles. The quantitative estimate of drug-likeness (QED) is 0.306. The summed E-state index contributed by atoms with van der Waals surface area (Å²) in [6.07, 6.45) is 0. The Kier molecular flexibility index (Phi) is 4.97. The first kappa shape index (κ1) is 20.1. The molecule has 5 nitrogen and oxygen atoms in total. The van der Waals surface area contributed by atoms with E-state index in [0.29, 0.717) is 37.9 Å². The second-order valence-corrected chi connectivity index (χ2v) is 8.42. The van der Waals surface area contributed by atoms with Gasteiger partial charge in [-0.3, -0.25) is 9.59 Å². The fraction of sp³-hybridized carbons (Fsp3) is 0.0870. The third-order valence-corrected chi connectivity index (χ3v) is 6.45. The number of para-hydroxylation sites is 1. The highest BCUT2D eigenvalue weighted by Gasteiger charge is 2.50. The number of alkyl halides is 1. The lowest BCUT2D eigenvalue weighted by atomic mass is 9.95. The van der Waals surface area contributed by atoms with Crippen LogP contribution in [0.2, 0.25) is 10.0 Å². The van der Waals surface area contributed by atoms with E-state index in [9.17, 15) is 9.59 Å². The Morgan fingerprint density at radius 3 is 2.29 bits per heavy atom. The fourth-order valence-corrected chi connectivity index (χ4v) is 4.43. The predicted octanol–water partition coefficient (Wildman–Crippen LogP) is 5.20. The van der Waals surface area contributed by atoms with Gasteiger partial charge in [-0.1, -0.05) is 71.7 Å². The SMILES string of the molecule is O=C1C(Cl)C(c2ccc(Cl)c(Cl)c2)N1n1c(-c2ccccc2)nc2ccccc2c1=O. The van der Waals surface area contributed by atoms with Crippen molar-refractivity contribution < 1.29 is 4.79 Å². The Balaban J connectivity index is 1.76. The van der Waals surface area contributed by atoms with E-state index in [2.05, 4.69) is 0 Å². The molecule has 31 heavy (non-hydrogen) atoms. The van der Waals surface area contributed by atoms with Gasteiger partial charge in [-0.05, 0) is 29.8 Å². The average molecular weight is 471 g/mol. The summed E-state index contributed by atoms with van der Waals surface area (Å²) in [6.45, 7) is 0. The molecule has 0 N–H and O–H groups in total. The van der Waals surface area contributed by atoms with Crippen molar-refractivity contribution >= 4 is 51.6 Å². The van der Waals surface area contributed by atoms with Gasteiger partial charge in [0.2, 0.25) is 0 Å². The molecule has 0 aliphatic carbocycles. The number of β-lactam (4-membered cyclic amide) rings is 1. The van der Waals surface area contributed by atoms with E-state index in [0.717, 1.165) is 0 Å². The Bertz CT molecular complexity index is 1390. The zero-order valence-electron chi connectivity index (χ0n) is 15.9. The summed E-state index contributed by atoms with van der Waals surface area (Å²) in [5.41, 5.74) is 1.56. The van der Waals surface area contributed by atoms with Gasteiger partial charge in [-0.2, -0.15) is 4.68 Å². The molecule has 8 heteroatoms. The first-order valence-electron chi connectivity index (χ1n) is 9.47. The van der Waals surface area contributed by atoms with Gasteiger partial charge in [0.05, 0.1) is 20.9 Å². The number of carbonyl (C=O) groups is 1. The molecule has 1 fully saturated rings. The summed E-state index contributed by atoms with van der Waals surface area (Å²) in [7, 11) is 0. The zero-order valence-corrected chi connectivity index (χ0v) is 18.1. The van der Waals surface area contributed by atoms with Crippen molar-refractivity contribution in [3.8, 4) is 11.4 Å². The third kappa shape index (κ3) is 3.21. The van der Waals surface area contributed by atoms with Crippen molar-refractivity contribution in [3.63, 3.8) is 0 Å². The average Bonchev–Trinajstić information content (AvgIpc) is 2.80. The molecule has 2 atom stereocenters. The van der Waals surface area contributed by atoms with Crippen LogP contribution in [0.4, 0.5) is 0 Å². The Labute approximate surface area is 192 Å². The van der Waals surface area contributed by atoms with Gasteiger partial charge in [0.1, 0.15) is 11.4 Å². The van der Waals surface area contributed by atoms with Gasteiger partial charge in [-0.25, -0.2) is 9.99 Å². The highest BCUT2D eigenvalue weighted by molar-refractivity contribution is 6.42. The minimum absolute atomic E-state index is 0.342. The number of rotatable bonds is 3. The molecular weight excluding hydrogens is 457 g/mol. The molecular formula is C23H14Cl3N3O2. The largest absolute Gasteiger partial charge is 0.280 e. The number of hydrogen-bond acceptors (Lipinski definition) is 3. The van der Waals surface area contributed by atoms with Crippen molar-refractivity contribution in [2.75, 3.05) is 5.01 Å². The van der Waals surface area contributed by atoms with Crippen LogP contribution in [0.15, 0.2) is 77.6 Å². The van der Waals surface area contributed by atoms with Crippen LogP contribution in [0.1, 0.15) is 11.6 Å². The maximum Gasteiger partial charge on any atom is 0.280 e. The smallest absolute Gasteiger partial charge is 0.271 e. The molecule has 154 valence electrons. The van der Waals surface area contributed by atoms with Crippen molar-refractivity contribution in [2.45, 2.75) is 11.4 Å². The first-order chi connectivity index (χ1) is 15.0. The molecule has 1 aliphatic rings. The van der Waals surface area contributed by atoms with Gasteiger partial charge >= 0.3 is 0 Å². The number of fused-ring (bicyclic) bond motifs is 1. The summed E-state index contributed by atoms with van der Waals surface area (Å²) in [6, 6.07) is 20.7. The summed E-state index contributed by atoms with van der Waals surface area (Å²) >= 11 is 18.6. The molecule has 1 aromatic heterocycles. The van der Waals surface area contributed by atoms with Gasteiger partial charge in [0, 0.05) is 5.56 Å². The van der Waals surface area contributed by atoms with Crippen LogP contribution >= 0.6 is 34.8 Å². The zero-order chi connectivity index (χ0) is 21.7. The van der Waals surface area contributed by atoms with E-state index in [1.54, 1.807) is 36.4 Å². The van der Waals surface area contributed by atoms with Crippen LogP contribution in [0, 0.1) is 0 Å². The molecule has 1 aliphatic heterocycles. The Hall–Kier alpha value is -2.86. The molecule has 0 spiro atoms. The van der Waals surface area contributed by atoms with Crippen molar-refractivity contribution in [2.24, 2.45) is 0 Å². The molecule has 0 saturated carbocycles. The summed E-state index contributed by atoms with van der Waals surface area (Å²) in [5, 5.41) is 1.64. The standard InChI is InChI=1S/C23H14Cl3N3O2/c24-16-11-10-14(12-17(16)25)20-19(26)23(31)28(20)29-21(13-6-2-1-3-7-13)27-18-9-5-4-8-15(18)22(29)30/h1-12,19-20H. The Morgan fingerprint density at radius 2 is 1.55 bits per heavy atom. The number of halogens is 3. The highest BCUT2D eigenvalue weighted by atomic mass is 35.5. The molecule has 5 rings (SSSR count). The lowest BCUT2D eigenvalue weighted by Crippen LogP contribution is -2.64. The minimum Gasteiger partial charge on any atom is -0.271 e. The minimum atomic E-state index is -0.848. The summed E-state index contributed by atoms with van der Waals surface area (Å²) in [5.74, 6) is -0.0413. The van der Waals surface area contributed by atoms with Crippen molar-refractivity contribution in [1.29, 1.82) is 0 Å². The van der Waals surface area contributed by atoms with E-state index in [1.165, 1.54) is 9.69 Å². The van der Waals surface area contributed by atoms with Crippen LogP contribution in [-0.4, -0.2) is 20.9 Å². The lowest BCUT2D eigenvalue weighted by molar-refractivity contribution is -0.126. The molecule has 2 heterocycles. The predicted molar refractivity (Wildman–Crippen MR) is 124 cm³/mol. The van der Waals surface area contributed by atoms with Gasteiger partial charge in [0.15, 0.2) is 5.82 Å². The summed E-state index contributed by atoms with van der Waals surface area (Å²) < 4.78 is 1.31. The number of benzene rings is 3. The van der Waals surface area contributed by atoms with E-state index < -0.39 is 17.3 Å². The van der Waals surface area contributed by atoms with E-state index in [-0.39, 0.29) is 5.56 Å². The number of hydrogen-bond donors (Lipinski definition) is 0. The number of amides is 1. The van der Waals surface area contributed by atoms with Crippen LogP contribution < -0.4 is 10.6 Å². The third-order valence-electron chi connectivity index (χ3n) is 5.29. The van der Waals surface area contributed by atoms with Crippen LogP contribution in [-0.2, 0) is 4.79 Å². The van der Waals surface area contributed by atoms with Crippen LogP contribution in [0.5, 0.6) is 0 Å². The summed E-state index contributed by atoms with van der Waals surface area (Å²) in [4.78, 5) is 31.2. The topological polar surface area (TPSA) is 55.2 Å². The van der Waals surface area contributed by atoms with Crippen LogP contribution in [0.3, 0.4) is 0 Å². The van der Waals surface area contributed by atoms with E-state index in [1.807, 2.05) is 36.4 Å². The monoisotopic (exact) mass is 469 g/mol. The Morgan fingerprint density at radius 1 is 0.839 bits per heavy atom. The number of nitrogens with zero attached hydrogens (tertiary/aromatic N) is 3. The second kappa shape index (κ2) is 7.68. The molecule has 4 aromatic rings. The number of carbonyl (C=O) groups excluding carboxylic acids is 1. The highest BCUT2D eigenvalue weighted by Crippen LogP contribution is 2.40. The normalized spacial score (nSPS) is 18.3. The first-order valence-corrected chi connectivity index (χ1v) is 10.7. The van der Waals surface area contributed by atoms with Gasteiger partial charge < -0.3 is 0 Å². The molecule has 1 amide bonds. The number of aromatic nitrogens is 2. The maximum absolute atomic E-state index is 13.5. The van der Waals surface area contributed by atoms with Gasteiger partial charge in [-0.15, -0.1) is 11.6 Å². The second-order valence-electron chi connectivity index (χ2n) is 7.14. The molecule has 3 aromatic carbocycles.